The number of nitrogens with two attached hydrogens (primary N) is 1. The van der Waals surface area contributed by atoms with E-state index in [1.165, 1.54) is 11.1 Å². The van der Waals surface area contributed by atoms with Crippen LogP contribution in [-0.4, -0.2) is 38.1 Å². The van der Waals surface area contributed by atoms with Gasteiger partial charge in [-0.25, -0.2) is 23.7 Å². The molecule has 1 saturated heterocycles. The molecule has 8 nitrogen and oxygen atoms in total. The first-order chi connectivity index (χ1) is 9.88. The molecule has 0 aromatic heterocycles. The highest BCUT2D eigenvalue weighted by atomic mass is 32.2. The van der Waals surface area contributed by atoms with Gasteiger partial charge < -0.3 is 5.32 Å². The second-order valence-electron chi connectivity index (χ2n) is 5.08. The Hall–Kier alpha value is -1.87. The summed E-state index contributed by atoms with van der Waals surface area (Å²) in [6.07, 6.45) is 1.62. The third-order valence-electron chi connectivity index (χ3n) is 3.50. The average molecular weight is 314 g/mol. The Morgan fingerprint density at radius 2 is 2.14 bits per heavy atom. The monoisotopic (exact) mass is 314 g/mol. The number of nitrogens with zero attached hydrogens (tertiary/aromatic N) is 2. The molecular weight excluding hydrogens is 296 g/mol. The molecule has 21 heavy (non-hydrogen) atoms. The van der Waals surface area contributed by atoms with Crippen LogP contribution < -0.4 is 10.5 Å². The fourth-order valence-corrected chi connectivity index (χ4v) is 3.19. The maximum Gasteiger partial charge on any atom is 0.240 e. The number of piperidine rings is 1. The van der Waals surface area contributed by atoms with Crippen LogP contribution in [0.15, 0.2) is 29.2 Å². The quantitative estimate of drug-likeness (QED) is 0.608. The molecule has 1 aromatic carbocycles. The normalized spacial score (nSPS) is 19.3. The summed E-state index contributed by atoms with van der Waals surface area (Å²) < 4.78 is 23.0. The van der Waals surface area contributed by atoms with E-state index in [1.807, 2.05) is 0 Å². The van der Waals surface area contributed by atoms with Crippen molar-refractivity contribution in [2.75, 3.05) is 25.0 Å². The first-order valence-corrected chi connectivity index (χ1v) is 8.17. The molecule has 1 fully saturated rings. The highest BCUT2D eigenvalue weighted by Gasteiger charge is 2.25. The third-order valence-corrected chi connectivity index (χ3v) is 4.47. The zero-order valence-corrected chi connectivity index (χ0v) is 12.3. The summed E-state index contributed by atoms with van der Waals surface area (Å²) in [7, 11) is -3.79. The van der Waals surface area contributed by atoms with Crippen molar-refractivity contribution in [2.24, 2.45) is 11.1 Å². The first kappa shape index (κ1) is 15.5. The number of primary sulfonamides is 1. The number of rotatable bonds is 5. The number of hydrogen-bond acceptors (Lipinski definition) is 5. The van der Waals surface area contributed by atoms with Crippen LogP contribution in [0.25, 0.3) is 0 Å². The lowest BCUT2D eigenvalue weighted by Gasteiger charge is -2.27. The van der Waals surface area contributed by atoms with Crippen molar-refractivity contribution in [1.82, 2.24) is 5.01 Å². The topological polar surface area (TPSA) is 119 Å². The van der Waals surface area contributed by atoms with E-state index in [0.29, 0.717) is 25.3 Å². The lowest BCUT2D eigenvalue weighted by atomic mass is 9.99. The third kappa shape index (κ3) is 4.05. The standard InChI is InChI=1S/C12H18N4O4S/c13-21(19,20)12-6-2-1-5-11(12)14-8-10-4-3-7-15(9-10)16(17)18/h1-2,5-6,10,14H,3-4,7-9H2,(H2,13,19,20). The second kappa shape index (κ2) is 6.27. The minimum Gasteiger partial charge on any atom is -0.384 e. The molecule has 0 amide bonds. The van der Waals surface area contributed by atoms with Crippen LogP contribution >= 0.6 is 0 Å². The van der Waals surface area contributed by atoms with Gasteiger partial charge in [0.1, 0.15) is 4.90 Å². The zero-order valence-electron chi connectivity index (χ0n) is 11.4. The SMILES string of the molecule is NS(=O)(=O)c1ccccc1NCC1CCCN([N+](=O)[O-])C1. The number of anilines is 1. The molecule has 1 aromatic rings. The summed E-state index contributed by atoms with van der Waals surface area (Å²) in [6, 6.07) is 6.37. The Kier molecular flexibility index (Phi) is 4.63. The van der Waals surface area contributed by atoms with Crippen LogP contribution in [-0.2, 0) is 10.0 Å². The van der Waals surface area contributed by atoms with Gasteiger partial charge in [0, 0.05) is 6.54 Å². The van der Waals surface area contributed by atoms with E-state index in [1.54, 1.807) is 18.2 Å². The summed E-state index contributed by atoms with van der Waals surface area (Å²) in [5.74, 6) is 0.0951. The van der Waals surface area contributed by atoms with Crippen LogP contribution in [0.4, 0.5) is 5.69 Å². The number of nitro groups is 1. The molecule has 0 spiro atoms. The Labute approximate surface area is 123 Å². The van der Waals surface area contributed by atoms with Crippen molar-refractivity contribution >= 4 is 15.7 Å². The van der Waals surface area contributed by atoms with Crippen LogP contribution in [0.5, 0.6) is 0 Å². The highest BCUT2D eigenvalue weighted by molar-refractivity contribution is 7.89. The van der Waals surface area contributed by atoms with Gasteiger partial charge in [-0.2, -0.15) is 0 Å². The summed E-state index contributed by atoms with van der Waals surface area (Å²) in [5.41, 5.74) is 0.429. The number of hydrogen-bond donors (Lipinski definition) is 2. The maximum atomic E-state index is 11.5. The Balaban J connectivity index is 2.02. The van der Waals surface area contributed by atoms with Crippen LogP contribution in [0.2, 0.25) is 0 Å². The summed E-state index contributed by atoms with van der Waals surface area (Å²) in [4.78, 5) is 10.8. The minimum atomic E-state index is -3.79. The van der Waals surface area contributed by atoms with Crippen molar-refractivity contribution in [1.29, 1.82) is 0 Å². The van der Waals surface area contributed by atoms with Crippen LogP contribution in [0, 0.1) is 16.0 Å². The summed E-state index contributed by atoms with van der Waals surface area (Å²) in [6.45, 7) is 1.28. The molecule has 1 atom stereocenters. The van der Waals surface area contributed by atoms with Crippen molar-refractivity contribution in [3.63, 3.8) is 0 Å². The lowest BCUT2D eigenvalue weighted by Crippen LogP contribution is -2.41. The van der Waals surface area contributed by atoms with Gasteiger partial charge in [0.2, 0.25) is 10.0 Å². The molecule has 1 aliphatic heterocycles. The molecule has 3 N–H and O–H groups in total. The van der Waals surface area contributed by atoms with Gasteiger partial charge in [-0.3, -0.25) is 0 Å². The van der Waals surface area contributed by atoms with Crippen LogP contribution in [0.3, 0.4) is 0 Å². The first-order valence-electron chi connectivity index (χ1n) is 6.63. The fraction of sp³-hybridized carbons (Fsp3) is 0.500. The largest absolute Gasteiger partial charge is 0.384 e. The van der Waals surface area contributed by atoms with E-state index in [0.717, 1.165) is 12.8 Å². The molecule has 116 valence electrons. The van der Waals surface area contributed by atoms with E-state index in [-0.39, 0.29) is 15.8 Å². The van der Waals surface area contributed by atoms with Crippen molar-refractivity contribution in [3.05, 3.63) is 34.4 Å². The van der Waals surface area contributed by atoms with Gasteiger partial charge in [0.15, 0.2) is 5.03 Å². The average Bonchev–Trinajstić information content (AvgIpc) is 2.45. The van der Waals surface area contributed by atoms with Crippen molar-refractivity contribution < 1.29 is 13.5 Å². The number of sulfonamides is 1. The van der Waals surface area contributed by atoms with E-state index < -0.39 is 10.0 Å². The number of nitrogens with one attached hydrogen (secondary N) is 1. The molecule has 0 saturated carbocycles. The van der Waals surface area contributed by atoms with E-state index in [2.05, 4.69) is 5.32 Å². The molecule has 0 aliphatic carbocycles. The second-order valence-corrected chi connectivity index (χ2v) is 6.61. The zero-order chi connectivity index (χ0) is 15.5. The van der Waals surface area contributed by atoms with Crippen LogP contribution in [0.1, 0.15) is 12.8 Å². The Bertz CT molecular complexity index is 619. The molecule has 1 aliphatic rings. The maximum absolute atomic E-state index is 11.5. The Morgan fingerprint density at radius 3 is 2.81 bits per heavy atom. The summed E-state index contributed by atoms with van der Waals surface area (Å²) in [5, 5.41) is 19.8. The Morgan fingerprint density at radius 1 is 1.43 bits per heavy atom. The van der Waals surface area contributed by atoms with Gasteiger partial charge in [-0.15, -0.1) is 5.01 Å². The molecule has 0 bridgehead atoms. The fourth-order valence-electron chi connectivity index (χ4n) is 2.47. The van der Waals surface area contributed by atoms with E-state index in [4.69, 9.17) is 5.14 Å². The van der Waals surface area contributed by atoms with E-state index >= 15 is 0 Å². The number of para-hydroxylation sites is 1. The number of benzene rings is 1. The predicted molar refractivity (Wildman–Crippen MR) is 77.6 cm³/mol. The van der Waals surface area contributed by atoms with Crippen molar-refractivity contribution in [3.8, 4) is 0 Å². The molecule has 1 unspecified atom stereocenters. The minimum absolute atomic E-state index is 0.0342. The molecular formula is C12H18N4O4S. The van der Waals surface area contributed by atoms with E-state index in [9.17, 15) is 18.5 Å². The molecule has 1 heterocycles. The highest BCUT2D eigenvalue weighted by Crippen LogP contribution is 2.22. The van der Waals surface area contributed by atoms with Gasteiger partial charge in [0.05, 0.1) is 18.8 Å². The lowest BCUT2D eigenvalue weighted by molar-refractivity contribution is -0.659. The predicted octanol–water partition coefficient (Wildman–Crippen LogP) is 0.650. The van der Waals surface area contributed by atoms with Gasteiger partial charge in [-0.05, 0) is 30.9 Å². The van der Waals surface area contributed by atoms with Gasteiger partial charge >= 0.3 is 0 Å². The molecule has 0 radical (unpaired) electrons. The number of hydrazine groups is 1. The van der Waals surface area contributed by atoms with Crippen molar-refractivity contribution in [2.45, 2.75) is 17.7 Å². The smallest absolute Gasteiger partial charge is 0.240 e. The van der Waals surface area contributed by atoms with Gasteiger partial charge in [0.25, 0.3) is 0 Å². The molecule has 9 heteroatoms. The van der Waals surface area contributed by atoms with Gasteiger partial charge in [-0.1, -0.05) is 12.1 Å². The molecule has 2 rings (SSSR count). The summed E-state index contributed by atoms with van der Waals surface area (Å²) >= 11 is 0.